The van der Waals surface area contributed by atoms with Crippen LogP contribution in [-0.4, -0.2) is 13.1 Å². The van der Waals surface area contributed by atoms with E-state index in [0.29, 0.717) is 0 Å². The van der Waals surface area contributed by atoms with Gasteiger partial charge in [0.15, 0.2) is 0 Å². The second-order valence-corrected chi connectivity index (χ2v) is 4.55. The molecule has 0 aliphatic rings. The van der Waals surface area contributed by atoms with Crippen molar-refractivity contribution in [2.45, 2.75) is 26.7 Å². The van der Waals surface area contributed by atoms with Crippen molar-refractivity contribution >= 4 is 6.08 Å². The average molecular weight is 217 g/mol. The monoisotopic (exact) mass is 217 g/mol. The van der Waals surface area contributed by atoms with E-state index in [9.17, 15) is 0 Å². The Labute approximate surface area is 99.6 Å². The van der Waals surface area contributed by atoms with E-state index in [-0.39, 0.29) is 0 Å². The topological polar surface area (TPSA) is 12.0 Å². The number of hydrogen-bond donors (Lipinski definition) is 1. The standard InChI is InChI=1S/C15H23N/c1-14(2)8-6-12-16-13-7-11-15-9-4-3-5-10-15/h3-5,7,9-11,14,16H,6,8,12-13H2,1-2H3. The first kappa shape index (κ1) is 13.0. The fourth-order valence-corrected chi connectivity index (χ4v) is 1.58. The molecule has 0 aliphatic heterocycles. The highest BCUT2D eigenvalue weighted by Crippen LogP contribution is 2.02. The lowest BCUT2D eigenvalue weighted by molar-refractivity contribution is 0.537. The van der Waals surface area contributed by atoms with E-state index in [1.54, 1.807) is 0 Å². The van der Waals surface area contributed by atoms with Gasteiger partial charge in [0, 0.05) is 6.54 Å². The average Bonchev–Trinajstić information content (AvgIpc) is 2.29. The Bertz CT molecular complexity index is 288. The Morgan fingerprint density at radius 1 is 1.19 bits per heavy atom. The molecule has 0 radical (unpaired) electrons. The maximum atomic E-state index is 3.42. The summed E-state index contributed by atoms with van der Waals surface area (Å²) >= 11 is 0. The maximum Gasteiger partial charge on any atom is 0.0138 e. The van der Waals surface area contributed by atoms with Crippen LogP contribution in [0.1, 0.15) is 32.3 Å². The van der Waals surface area contributed by atoms with E-state index < -0.39 is 0 Å². The molecule has 1 nitrogen and oxygen atoms in total. The van der Waals surface area contributed by atoms with Crippen LogP contribution in [0.5, 0.6) is 0 Å². The van der Waals surface area contributed by atoms with Gasteiger partial charge in [-0.25, -0.2) is 0 Å². The van der Waals surface area contributed by atoms with Crippen molar-refractivity contribution in [1.29, 1.82) is 0 Å². The maximum absolute atomic E-state index is 3.42. The lowest BCUT2D eigenvalue weighted by Gasteiger charge is -2.04. The molecule has 1 rings (SSSR count). The van der Waals surface area contributed by atoms with Crippen LogP contribution in [0, 0.1) is 5.92 Å². The molecule has 16 heavy (non-hydrogen) atoms. The van der Waals surface area contributed by atoms with Gasteiger partial charge in [0.2, 0.25) is 0 Å². The molecule has 0 unspecified atom stereocenters. The molecule has 0 aliphatic carbocycles. The van der Waals surface area contributed by atoms with Crippen LogP contribution in [0.3, 0.4) is 0 Å². The summed E-state index contributed by atoms with van der Waals surface area (Å²) in [5.74, 6) is 0.821. The molecule has 1 N–H and O–H groups in total. The Balaban J connectivity index is 2.05. The summed E-state index contributed by atoms with van der Waals surface area (Å²) in [4.78, 5) is 0. The van der Waals surface area contributed by atoms with Gasteiger partial charge in [0.1, 0.15) is 0 Å². The van der Waals surface area contributed by atoms with Crippen molar-refractivity contribution in [3.05, 3.63) is 42.0 Å². The van der Waals surface area contributed by atoms with Crippen LogP contribution in [0.4, 0.5) is 0 Å². The van der Waals surface area contributed by atoms with Gasteiger partial charge in [0.25, 0.3) is 0 Å². The van der Waals surface area contributed by atoms with Crippen LogP contribution in [-0.2, 0) is 0 Å². The van der Waals surface area contributed by atoms with E-state index in [4.69, 9.17) is 0 Å². The first-order valence-corrected chi connectivity index (χ1v) is 6.21. The molecule has 88 valence electrons. The van der Waals surface area contributed by atoms with Gasteiger partial charge in [-0.2, -0.15) is 0 Å². The number of nitrogens with one attached hydrogen (secondary N) is 1. The van der Waals surface area contributed by atoms with Gasteiger partial charge in [-0.3, -0.25) is 0 Å². The molecule has 0 saturated carbocycles. The van der Waals surface area contributed by atoms with Crippen molar-refractivity contribution in [2.24, 2.45) is 5.92 Å². The van der Waals surface area contributed by atoms with Crippen LogP contribution < -0.4 is 5.32 Å². The third-order valence-electron chi connectivity index (χ3n) is 2.51. The van der Waals surface area contributed by atoms with E-state index >= 15 is 0 Å². The fourth-order valence-electron chi connectivity index (χ4n) is 1.58. The molecule has 1 aromatic rings. The molecule has 0 saturated heterocycles. The summed E-state index contributed by atoms with van der Waals surface area (Å²) < 4.78 is 0. The Morgan fingerprint density at radius 3 is 2.62 bits per heavy atom. The van der Waals surface area contributed by atoms with Crippen molar-refractivity contribution in [3.8, 4) is 0 Å². The third kappa shape index (κ3) is 6.41. The predicted octanol–water partition coefficient (Wildman–Crippen LogP) is 3.73. The van der Waals surface area contributed by atoms with E-state index in [2.05, 4.69) is 55.6 Å². The Hall–Kier alpha value is -1.08. The van der Waals surface area contributed by atoms with Crippen LogP contribution in [0.2, 0.25) is 0 Å². The lowest BCUT2D eigenvalue weighted by Crippen LogP contribution is -2.15. The second-order valence-electron chi connectivity index (χ2n) is 4.55. The number of hydrogen-bond acceptors (Lipinski definition) is 1. The number of benzene rings is 1. The van der Waals surface area contributed by atoms with Gasteiger partial charge in [-0.05, 0) is 30.9 Å². The highest BCUT2D eigenvalue weighted by atomic mass is 14.8. The fraction of sp³-hybridized carbons (Fsp3) is 0.467. The second kappa shape index (κ2) is 8.12. The number of rotatable bonds is 7. The molecule has 1 aromatic carbocycles. The summed E-state index contributed by atoms with van der Waals surface area (Å²) in [5.41, 5.74) is 1.27. The molecule has 0 spiro atoms. The Kier molecular flexibility index (Phi) is 6.59. The highest BCUT2D eigenvalue weighted by molar-refractivity contribution is 5.48. The molecular weight excluding hydrogens is 194 g/mol. The van der Waals surface area contributed by atoms with Gasteiger partial charge in [-0.1, -0.05) is 56.3 Å². The summed E-state index contributed by atoms with van der Waals surface area (Å²) in [7, 11) is 0. The molecule has 0 atom stereocenters. The van der Waals surface area contributed by atoms with Crippen molar-refractivity contribution in [3.63, 3.8) is 0 Å². The SMILES string of the molecule is CC(C)CCCNCC=Cc1ccccc1. The van der Waals surface area contributed by atoms with Crippen LogP contribution >= 0.6 is 0 Å². The summed E-state index contributed by atoms with van der Waals surface area (Å²) in [6.45, 7) is 6.63. The highest BCUT2D eigenvalue weighted by Gasteiger charge is 1.92. The van der Waals surface area contributed by atoms with Gasteiger partial charge >= 0.3 is 0 Å². The zero-order chi connectivity index (χ0) is 11.6. The van der Waals surface area contributed by atoms with Crippen LogP contribution in [0.25, 0.3) is 6.08 Å². The van der Waals surface area contributed by atoms with E-state index in [1.807, 2.05) is 6.07 Å². The van der Waals surface area contributed by atoms with Gasteiger partial charge in [-0.15, -0.1) is 0 Å². The lowest BCUT2D eigenvalue weighted by atomic mass is 10.1. The molecule has 0 aromatic heterocycles. The molecule has 0 fully saturated rings. The predicted molar refractivity (Wildman–Crippen MR) is 72.4 cm³/mol. The zero-order valence-corrected chi connectivity index (χ0v) is 10.4. The Morgan fingerprint density at radius 2 is 1.94 bits per heavy atom. The van der Waals surface area contributed by atoms with Crippen LogP contribution in [0.15, 0.2) is 36.4 Å². The first-order valence-electron chi connectivity index (χ1n) is 6.21. The minimum Gasteiger partial charge on any atom is -0.313 e. The molecule has 1 heteroatoms. The first-order chi connectivity index (χ1) is 7.79. The normalized spacial score (nSPS) is 11.4. The van der Waals surface area contributed by atoms with E-state index in [1.165, 1.54) is 18.4 Å². The minimum absolute atomic E-state index is 0.821. The minimum atomic E-state index is 0.821. The van der Waals surface area contributed by atoms with Crippen molar-refractivity contribution in [2.75, 3.05) is 13.1 Å². The van der Waals surface area contributed by atoms with Gasteiger partial charge in [0.05, 0.1) is 0 Å². The van der Waals surface area contributed by atoms with Gasteiger partial charge < -0.3 is 5.32 Å². The summed E-state index contributed by atoms with van der Waals surface area (Å²) in [6.07, 6.45) is 6.94. The quantitative estimate of drug-likeness (QED) is 0.686. The van der Waals surface area contributed by atoms with Crippen molar-refractivity contribution in [1.82, 2.24) is 5.32 Å². The molecular formula is C15H23N. The van der Waals surface area contributed by atoms with E-state index in [0.717, 1.165) is 19.0 Å². The molecule has 0 heterocycles. The smallest absolute Gasteiger partial charge is 0.0138 e. The molecule has 0 bridgehead atoms. The zero-order valence-electron chi connectivity index (χ0n) is 10.4. The third-order valence-corrected chi connectivity index (χ3v) is 2.51. The molecule has 0 amide bonds. The largest absolute Gasteiger partial charge is 0.313 e. The van der Waals surface area contributed by atoms with Crippen molar-refractivity contribution < 1.29 is 0 Å². The summed E-state index contributed by atoms with van der Waals surface area (Å²) in [5, 5.41) is 3.42. The summed E-state index contributed by atoms with van der Waals surface area (Å²) in [6, 6.07) is 10.4.